The van der Waals surface area contributed by atoms with E-state index in [0.717, 1.165) is 6.07 Å². The molecule has 0 bridgehead atoms. The van der Waals surface area contributed by atoms with Crippen LogP contribution in [0.1, 0.15) is 26.3 Å². The molecule has 0 heterocycles. The van der Waals surface area contributed by atoms with Gasteiger partial charge in [-0.05, 0) is 42.5 Å². The van der Waals surface area contributed by atoms with E-state index in [9.17, 15) is 14.0 Å². The first kappa shape index (κ1) is 15.3. The predicted molar refractivity (Wildman–Crippen MR) is 80.6 cm³/mol. The summed E-state index contributed by atoms with van der Waals surface area (Å²) in [5.41, 5.74) is 6.49. The van der Waals surface area contributed by atoms with E-state index >= 15 is 0 Å². The number of hydrogen-bond donors (Lipinski definition) is 2. The summed E-state index contributed by atoms with van der Waals surface area (Å²) in [6.45, 7) is 0.132. The number of benzene rings is 2. The molecule has 0 aliphatic carbocycles. The van der Waals surface area contributed by atoms with Gasteiger partial charge in [0.1, 0.15) is 5.82 Å². The molecule has 0 saturated heterocycles. The number of nitrogens with one attached hydrogen (secondary N) is 1. The Hall–Kier alpha value is -3.13. The van der Waals surface area contributed by atoms with E-state index < -0.39 is 17.6 Å². The summed E-state index contributed by atoms with van der Waals surface area (Å²) < 4.78 is 13.0. The van der Waals surface area contributed by atoms with Crippen LogP contribution >= 0.6 is 0 Å². The lowest BCUT2D eigenvalue weighted by molar-refractivity contribution is 0.0956. The highest BCUT2D eigenvalue weighted by molar-refractivity contribution is 5.94. The van der Waals surface area contributed by atoms with E-state index in [0.29, 0.717) is 11.1 Å². The lowest BCUT2D eigenvalue weighted by Gasteiger charge is -2.01. The minimum Gasteiger partial charge on any atom is -0.366 e. The molecule has 4 nitrogen and oxygen atoms in total. The molecule has 0 aliphatic rings. The molecule has 5 heteroatoms. The van der Waals surface area contributed by atoms with Crippen molar-refractivity contribution in [2.75, 3.05) is 6.54 Å². The number of carbonyl (C=O) groups is 2. The summed E-state index contributed by atoms with van der Waals surface area (Å²) >= 11 is 0. The first-order valence-electron chi connectivity index (χ1n) is 6.49. The third kappa shape index (κ3) is 4.18. The Bertz CT molecular complexity index is 758. The molecule has 110 valence electrons. The van der Waals surface area contributed by atoms with Gasteiger partial charge < -0.3 is 11.1 Å². The molecule has 0 saturated carbocycles. The third-order valence-electron chi connectivity index (χ3n) is 2.83. The number of nitrogens with two attached hydrogens (primary N) is 1. The van der Waals surface area contributed by atoms with Crippen molar-refractivity contribution in [1.82, 2.24) is 5.32 Å². The highest BCUT2D eigenvalue weighted by atomic mass is 19.1. The summed E-state index contributed by atoms with van der Waals surface area (Å²) in [5, 5.41) is 2.57. The van der Waals surface area contributed by atoms with Crippen LogP contribution in [0.25, 0.3) is 0 Å². The summed E-state index contributed by atoms with van der Waals surface area (Å²) in [7, 11) is 0. The highest BCUT2D eigenvalue weighted by Crippen LogP contribution is 2.03. The molecule has 0 atom stereocenters. The maximum Gasteiger partial charge on any atom is 0.252 e. The van der Waals surface area contributed by atoms with Gasteiger partial charge in [-0.15, -0.1) is 0 Å². The Balaban J connectivity index is 1.91. The molecule has 2 aromatic carbocycles. The van der Waals surface area contributed by atoms with Crippen LogP contribution in [-0.2, 0) is 0 Å². The number of rotatable bonds is 3. The minimum absolute atomic E-state index is 0.132. The van der Waals surface area contributed by atoms with Gasteiger partial charge in [-0.3, -0.25) is 9.59 Å². The summed E-state index contributed by atoms with van der Waals surface area (Å²) in [6, 6.07) is 11.9. The summed E-state index contributed by atoms with van der Waals surface area (Å²) in [6.07, 6.45) is 0. The number of carbonyl (C=O) groups excluding carboxylic acids is 2. The topological polar surface area (TPSA) is 72.2 Å². The fourth-order valence-electron chi connectivity index (χ4n) is 1.72. The molecule has 22 heavy (non-hydrogen) atoms. The van der Waals surface area contributed by atoms with E-state index in [-0.39, 0.29) is 12.1 Å². The lowest BCUT2D eigenvalue weighted by atomic mass is 10.1. The number of primary amides is 1. The Morgan fingerprint density at radius 2 is 1.82 bits per heavy atom. The van der Waals surface area contributed by atoms with Crippen LogP contribution in [0.5, 0.6) is 0 Å². The van der Waals surface area contributed by atoms with Gasteiger partial charge in [0.2, 0.25) is 5.91 Å². The summed E-state index contributed by atoms with van der Waals surface area (Å²) in [5.74, 6) is 4.26. The van der Waals surface area contributed by atoms with Crippen molar-refractivity contribution in [1.29, 1.82) is 0 Å². The van der Waals surface area contributed by atoms with Gasteiger partial charge in [0, 0.05) is 16.7 Å². The zero-order valence-electron chi connectivity index (χ0n) is 11.6. The number of halogens is 1. The van der Waals surface area contributed by atoms with Gasteiger partial charge in [0.15, 0.2) is 0 Å². The first-order valence-corrected chi connectivity index (χ1v) is 6.49. The van der Waals surface area contributed by atoms with E-state index in [2.05, 4.69) is 17.2 Å². The van der Waals surface area contributed by atoms with Gasteiger partial charge in [0.25, 0.3) is 5.91 Å². The number of amides is 2. The van der Waals surface area contributed by atoms with Crippen molar-refractivity contribution in [3.05, 3.63) is 71.0 Å². The monoisotopic (exact) mass is 296 g/mol. The molecule has 2 aromatic rings. The Kier molecular flexibility index (Phi) is 4.89. The molecule has 0 radical (unpaired) electrons. The van der Waals surface area contributed by atoms with Crippen LogP contribution in [0.3, 0.4) is 0 Å². The van der Waals surface area contributed by atoms with Crippen LogP contribution in [0.4, 0.5) is 4.39 Å². The molecule has 0 aromatic heterocycles. The molecular formula is C17H13FN2O2. The Labute approximate surface area is 127 Å². The zero-order chi connectivity index (χ0) is 15.9. The van der Waals surface area contributed by atoms with Crippen molar-refractivity contribution in [3.63, 3.8) is 0 Å². The van der Waals surface area contributed by atoms with E-state index in [1.54, 1.807) is 24.3 Å². The largest absolute Gasteiger partial charge is 0.366 e. The van der Waals surface area contributed by atoms with Crippen molar-refractivity contribution in [2.24, 2.45) is 5.73 Å². The smallest absolute Gasteiger partial charge is 0.252 e. The second-order valence-electron chi connectivity index (χ2n) is 4.44. The maximum absolute atomic E-state index is 13.0. The zero-order valence-corrected chi connectivity index (χ0v) is 11.6. The van der Waals surface area contributed by atoms with Crippen molar-refractivity contribution >= 4 is 11.8 Å². The first-order chi connectivity index (χ1) is 10.6. The molecule has 0 aliphatic heterocycles. The standard InChI is InChI=1S/C17H13FN2O2/c18-15-5-1-4-14(11-15)17(22)20-10-2-3-12-6-8-13(9-7-12)16(19)21/h1,4-9,11H,10H2,(H2,19,21)(H,20,22). The molecule has 2 amide bonds. The van der Waals surface area contributed by atoms with Crippen LogP contribution in [0, 0.1) is 17.7 Å². The Morgan fingerprint density at radius 1 is 1.09 bits per heavy atom. The number of hydrogen-bond acceptors (Lipinski definition) is 2. The van der Waals surface area contributed by atoms with Gasteiger partial charge in [0.05, 0.1) is 6.54 Å². The van der Waals surface area contributed by atoms with Crippen molar-refractivity contribution in [3.8, 4) is 11.8 Å². The van der Waals surface area contributed by atoms with Crippen LogP contribution < -0.4 is 11.1 Å². The van der Waals surface area contributed by atoms with Gasteiger partial charge in [-0.25, -0.2) is 4.39 Å². The second-order valence-corrected chi connectivity index (χ2v) is 4.44. The van der Waals surface area contributed by atoms with Crippen LogP contribution in [0.2, 0.25) is 0 Å². The molecule has 0 spiro atoms. The van der Waals surface area contributed by atoms with E-state index in [1.165, 1.54) is 18.2 Å². The predicted octanol–water partition coefficient (Wildman–Crippen LogP) is 1.71. The molecule has 2 rings (SSSR count). The normalized spacial score (nSPS) is 9.50. The lowest BCUT2D eigenvalue weighted by Crippen LogP contribution is -2.23. The molecule has 0 unspecified atom stereocenters. The molecule has 0 fully saturated rings. The molecular weight excluding hydrogens is 283 g/mol. The quantitative estimate of drug-likeness (QED) is 0.846. The third-order valence-corrected chi connectivity index (χ3v) is 2.83. The van der Waals surface area contributed by atoms with Gasteiger partial charge in [-0.1, -0.05) is 17.9 Å². The maximum atomic E-state index is 13.0. The van der Waals surface area contributed by atoms with Crippen LogP contribution in [0.15, 0.2) is 48.5 Å². The second kappa shape index (κ2) is 7.04. The fourth-order valence-corrected chi connectivity index (χ4v) is 1.72. The Morgan fingerprint density at radius 3 is 2.45 bits per heavy atom. The molecule has 3 N–H and O–H groups in total. The summed E-state index contributed by atoms with van der Waals surface area (Å²) in [4.78, 5) is 22.6. The average molecular weight is 296 g/mol. The van der Waals surface area contributed by atoms with Gasteiger partial charge in [-0.2, -0.15) is 0 Å². The average Bonchev–Trinajstić information content (AvgIpc) is 2.51. The SMILES string of the molecule is NC(=O)c1ccc(C#CCNC(=O)c2cccc(F)c2)cc1. The van der Waals surface area contributed by atoms with Crippen LogP contribution in [-0.4, -0.2) is 18.4 Å². The highest BCUT2D eigenvalue weighted by Gasteiger charge is 2.04. The minimum atomic E-state index is -0.498. The van der Waals surface area contributed by atoms with Gasteiger partial charge >= 0.3 is 0 Å². The van der Waals surface area contributed by atoms with Crippen molar-refractivity contribution < 1.29 is 14.0 Å². The van der Waals surface area contributed by atoms with Crippen molar-refractivity contribution in [2.45, 2.75) is 0 Å². The van der Waals surface area contributed by atoms with E-state index in [1.807, 2.05) is 0 Å². The fraction of sp³-hybridized carbons (Fsp3) is 0.0588. The van der Waals surface area contributed by atoms with E-state index in [4.69, 9.17) is 5.73 Å².